The standard InChI is InChI=1S/C62H38N4O2/c1-3-18-39(19-4-1)41-22-15-26-45(36-41)61-63-55(59-57(65-61)51-32-11-13-34-53(51)67-59)44-25-17-24-43(38-44)47-28-7-8-29-48(47)49-30-9-10-31-50(49)56-60-58(52-33-12-14-35-54(52)68-60)66-62(64-56)46-27-16-23-42(37-46)40-20-5-2-6-21-40/h1-38H. The van der Waals surface area contributed by atoms with E-state index < -0.39 is 0 Å². The van der Waals surface area contributed by atoms with Crippen molar-refractivity contribution >= 4 is 44.1 Å². The molecule has 9 aromatic carbocycles. The highest BCUT2D eigenvalue weighted by Gasteiger charge is 2.23. The van der Waals surface area contributed by atoms with Crippen molar-refractivity contribution < 1.29 is 8.83 Å². The molecule has 0 amide bonds. The largest absolute Gasteiger partial charge is 0.452 e. The summed E-state index contributed by atoms with van der Waals surface area (Å²) < 4.78 is 13.3. The van der Waals surface area contributed by atoms with Crippen LogP contribution in [-0.2, 0) is 0 Å². The Morgan fingerprint density at radius 2 is 0.632 bits per heavy atom. The van der Waals surface area contributed by atoms with E-state index in [1.165, 1.54) is 0 Å². The van der Waals surface area contributed by atoms with Crippen LogP contribution in [0.2, 0.25) is 0 Å². The summed E-state index contributed by atoms with van der Waals surface area (Å²) in [5, 5.41) is 1.89. The maximum absolute atomic E-state index is 6.67. The Hall–Kier alpha value is -9.26. The van der Waals surface area contributed by atoms with Crippen molar-refractivity contribution in [2.75, 3.05) is 0 Å². The van der Waals surface area contributed by atoms with Gasteiger partial charge >= 0.3 is 0 Å². The molecular weight excluding hydrogens is 833 g/mol. The van der Waals surface area contributed by atoms with Gasteiger partial charge in [-0.25, -0.2) is 19.9 Å². The number of benzene rings is 9. The van der Waals surface area contributed by atoms with Crippen LogP contribution in [0.3, 0.4) is 0 Å². The minimum atomic E-state index is 0.625. The molecule has 13 aromatic rings. The minimum Gasteiger partial charge on any atom is -0.452 e. The fraction of sp³-hybridized carbons (Fsp3) is 0. The van der Waals surface area contributed by atoms with Gasteiger partial charge in [-0.15, -0.1) is 0 Å². The summed E-state index contributed by atoms with van der Waals surface area (Å²) in [6, 6.07) is 79.4. The van der Waals surface area contributed by atoms with Crippen molar-refractivity contribution in [3.63, 3.8) is 0 Å². The summed E-state index contributed by atoms with van der Waals surface area (Å²) >= 11 is 0. The number of para-hydroxylation sites is 2. The third-order valence-corrected chi connectivity index (χ3v) is 12.7. The zero-order valence-corrected chi connectivity index (χ0v) is 36.5. The molecule has 0 N–H and O–H groups in total. The lowest BCUT2D eigenvalue weighted by atomic mass is 9.90. The summed E-state index contributed by atoms with van der Waals surface area (Å²) in [4.78, 5) is 21.1. The van der Waals surface area contributed by atoms with Crippen LogP contribution in [0, 0.1) is 0 Å². The average Bonchev–Trinajstić information content (AvgIpc) is 4.00. The van der Waals surface area contributed by atoms with E-state index in [1.54, 1.807) is 0 Å². The molecule has 0 radical (unpaired) electrons. The number of hydrogen-bond donors (Lipinski definition) is 0. The van der Waals surface area contributed by atoms with Crippen molar-refractivity contribution in [2.45, 2.75) is 0 Å². The monoisotopic (exact) mass is 870 g/mol. The van der Waals surface area contributed by atoms with E-state index in [2.05, 4.69) is 182 Å². The van der Waals surface area contributed by atoms with Gasteiger partial charge in [0.2, 0.25) is 0 Å². The van der Waals surface area contributed by atoms with E-state index in [-0.39, 0.29) is 0 Å². The topological polar surface area (TPSA) is 77.8 Å². The van der Waals surface area contributed by atoms with Crippen LogP contribution < -0.4 is 0 Å². The van der Waals surface area contributed by atoms with Crippen molar-refractivity contribution in [3.05, 3.63) is 231 Å². The third-order valence-electron chi connectivity index (χ3n) is 12.7. The van der Waals surface area contributed by atoms with Crippen LogP contribution in [0.1, 0.15) is 0 Å². The Bertz CT molecular complexity index is 4040. The zero-order valence-electron chi connectivity index (χ0n) is 36.5. The van der Waals surface area contributed by atoms with Crippen LogP contribution in [-0.4, -0.2) is 19.9 Å². The molecule has 4 aromatic heterocycles. The molecule has 0 fully saturated rings. The van der Waals surface area contributed by atoms with Crippen LogP contribution in [0.15, 0.2) is 239 Å². The molecular formula is C62H38N4O2. The first kappa shape index (κ1) is 39.1. The zero-order chi connectivity index (χ0) is 45.0. The lowest BCUT2D eigenvalue weighted by Crippen LogP contribution is -1.96. The van der Waals surface area contributed by atoms with Gasteiger partial charge in [-0.2, -0.15) is 0 Å². The van der Waals surface area contributed by atoms with E-state index in [9.17, 15) is 0 Å². The summed E-state index contributed by atoms with van der Waals surface area (Å²) in [5.74, 6) is 1.25. The fourth-order valence-corrected chi connectivity index (χ4v) is 9.48. The first-order chi connectivity index (χ1) is 33.7. The Morgan fingerprint density at radius 1 is 0.250 bits per heavy atom. The molecule has 6 nitrogen and oxygen atoms in total. The molecule has 0 aliphatic rings. The average molecular weight is 871 g/mol. The summed E-state index contributed by atoms with van der Waals surface area (Å²) in [6.45, 7) is 0. The van der Waals surface area contributed by atoms with Crippen LogP contribution in [0.25, 0.3) is 134 Å². The number of hydrogen-bond acceptors (Lipinski definition) is 6. The van der Waals surface area contributed by atoms with Crippen molar-refractivity contribution in [1.29, 1.82) is 0 Å². The molecule has 0 atom stereocenters. The SMILES string of the molecule is c1ccc(-c2cccc(-c3nc(-c4cccc(-c5ccccc5-c5ccccc5-c5nc(-c6cccc(-c7ccccc7)c6)nc6c5oc5ccccc56)c4)c4oc5ccccc5c4n3)c2)cc1. The molecule has 0 saturated heterocycles. The smallest absolute Gasteiger partial charge is 0.180 e. The van der Waals surface area contributed by atoms with Gasteiger partial charge in [-0.1, -0.05) is 188 Å². The predicted molar refractivity (Wildman–Crippen MR) is 276 cm³/mol. The van der Waals surface area contributed by atoms with Gasteiger partial charge in [0.1, 0.15) is 33.6 Å². The second-order valence-corrected chi connectivity index (χ2v) is 16.9. The maximum atomic E-state index is 6.67. The number of rotatable bonds is 8. The molecule has 0 saturated carbocycles. The minimum absolute atomic E-state index is 0.625. The third kappa shape index (κ3) is 6.82. The molecule has 13 rings (SSSR count). The van der Waals surface area contributed by atoms with Crippen LogP contribution in [0.4, 0.5) is 0 Å². The molecule has 0 spiro atoms. The fourth-order valence-electron chi connectivity index (χ4n) is 9.48. The normalized spacial score (nSPS) is 11.5. The van der Waals surface area contributed by atoms with Gasteiger partial charge in [-0.05, 0) is 87.0 Å². The number of fused-ring (bicyclic) bond motifs is 6. The summed E-state index contributed by atoms with van der Waals surface area (Å²) in [7, 11) is 0. The van der Waals surface area contributed by atoms with E-state index in [4.69, 9.17) is 28.8 Å². The second kappa shape index (κ2) is 16.3. The Balaban J connectivity index is 0.965. The molecule has 68 heavy (non-hydrogen) atoms. The summed E-state index contributed by atoms with van der Waals surface area (Å²) in [6.07, 6.45) is 0. The lowest BCUT2D eigenvalue weighted by molar-refractivity contribution is 0.667. The highest BCUT2D eigenvalue weighted by atomic mass is 16.3. The van der Waals surface area contributed by atoms with Gasteiger partial charge in [0, 0.05) is 33.0 Å². The van der Waals surface area contributed by atoms with Crippen molar-refractivity contribution in [3.8, 4) is 89.8 Å². The molecule has 0 unspecified atom stereocenters. The molecule has 0 aliphatic heterocycles. The summed E-state index contributed by atoms with van der Waals surface area (Å²) in [5.41, 5.74) is 18.1. The Morgan fingerprint density at radius 3 is 1.21 bits per heavy atom. The molecule has 0 aliphatic carbocycles. The highest BCUT2D eigenvalue weighted by molar-refractivity contribution is 6.09. The van der Waals surface area contributed by atoms with Gasteiger partial charge in [0.05, 0.1) is 0 Å². The van der Waals surface area contributed by atoms with Gasteiger partial charge in [0.25, 0.3) is 0 Å². The van der Waals surface area contributed by atoms with Crippen molar-refractivity contribution in [1.82, 2.24) is 19.9 Å². The first-order valence-electron chi connectivity index (χ1n) is 22.7. The predicted octanol–water partition coefficient (Wildman–Crippen LogP) is 16.4. The molecule has 6 heteroatoms. The lowest BCUT2D eigenvalue weighted by Gasteiger charge is -2.16. The van der Waals surface area contributed by atoms with E-state index in [0.717, 1.165) is 111 Å². The number of aromatic nitrogens is 4. The maximum Gasteiger partial charge on any atom is 0.180 e. The first-order valence-corrected chi connectivity index (χ1v) is 22.7. The van der Waals surface area contributed by atoms with Gasteiger partial charge < -0.3 is 8.83 Å². The van der Waals surface area contributed by atoms with Crippen molar-refractivity contribution in [2.24, 2.45) is 0 Å². The van der Waals surface area contributed by atoms with Gasteiger partial charge in [-0.3, -0.25) is 0 Å². The molecule has 4 heterocycles. The Kier molecular flexibility index (Phi) is 9.39. The Labute approximate surface area is 391 Å². The van der Waals surface area contributed by atoms with Crippen LogP contribution >= 0.6 is 0 Å². The van der Waals surface area contributed by atoms with E-state index in [0.29, 0.717) is 22.8 Å². The van der Waals surface area contributed by atoms with E-state index in [1.807, 2.05) is 48.5 Å². The molecule has 0 bridgehead atoms. The highest BCUT2D eigenvalue weighted by Crippen LogP contribution is 2.44. The van der Waals surface area contributed by atoms with Crippen LogP contribution in [0.5, 0.6) is 0 Å². The number of nitrogens with zero attached hydrogens (tertiary/aromatic N) is 4. The number of furan rings is 2. The molecule has 318 valence electrons. The quantitative estimate of drug-likeness (QED) is 0.151. The second-order valence-electron chi connectivity index (χ2n) is 16.9. The van der Waals surface area contributed by atoms with E-state index >= 15 is 0 Å². The van der Waals surface area contributed by atoms with Gasteiger partial charge in [0.15, 0.2) is 22.8 Å².